The highest BCUT2D eigenvalue weighted by Gasteiger charge is 2.55. The number of fused-ring (bicyclic) bond motifs is 6. The first kappa shape index (κ1) is 56.5. The van der Waals surface area contributed by atoms with Gasteiger partial charge in [0.2, 0.25) is 0 Å². The van der Waals surface area contributed by atoms with Gasteiger partial charge in [0.1, 0.15) is 17.8 Å². The Hall–Kier alpha value is -2.45. The van der Waals surface area contributed by atoms with Gasteiger partial charge in [0.05, 0.1) is 18.3 Å². The van der Waals surface area contributed by atoms with Crippen LogP contribution in [-0.4, -0.2) is 47.7 Å². The molecule has 2 saturated heterocycles. The zero-order valence-corrected chi connectivity index (χ0v) is 33.8. The minimum atomic E-state index is -0.396. The minimum absolute atomic E-state index is 0. The molecule has 6 aliphatic carbocycles. The van der Waals surface area contributed by atoms with E-state index in [0.717, 1.165) is 79.4 Å². The van der Waals surface area contributed by atoms with Crippen LogP contribution in [0.5, 0.6) is 0 Å². The zero-order chi connectivity index (χ0) is 38.4. The Kier molecular flexibility index (Phi) is 22.2. The van der Waals surface area contributed by atoms with Gasteiger partial charge in [0, 0.05) is 13.3 Å². The first-order valence-corrected chi connectivity index (χ1v) is 21.4. The molecule has 8 rings (SSSR count). The fourth-order valence-corrected chi connectivity index (χ4v) is 12.7. The molecule has 0 aromatic heterocycles. The molecule has 346 valence electrons. The van der Waals surface area contributed by atoms with Gasteiger partial charge in [-0.2, -0.15) is 0 Å². The van der Waals surface area contributed by atoms with E-state index in [-0.39, 0.29) is 98.5 Å². The summed E-state index contributed by atoms with van der Waals surface area (Å²) in [5.74, 6) is 7.31. The molecule has 0 aromatic rings. The number of hydrogen-bond acceptors (Lipinski definition) is 9. The summed E-state index contributed by atoms with van der Waals surface area (Å²) >= 11 is 0. The molecular formula is C50H92O9. The molecule has 9 nitrogen and oxygen atoms in total. The molecule has 0 radical (unpaired) electrons. The molecule has 0 amide bonds. The van der Waals surface area contributed by atoms with Crippen LogP contribution in [0.4, 0.5) is 0 Å². The number of carbonyl (C=O) groups is 5. The van der Waals surface area contributed by atoms with Gasteiger partial charge in [-0.25, -0.2) is 0 Å². The van der Waals surface area contributed by atoms with Gasteiger partial charge in [-0.05, 0) is 148 Å². The third-order valence-corrected chi connectivity index (χ3v) is 16.5. The van der Waals surface area contributed by atoms with Crippen molar-refractivity contribution in [1.82, 2.24) is 0 Å². The highest BCUT2D eigenvalue weighted by Crippen LogP contribution is 2.58. The number of hydrogen-bond donors (Lipinski definition) is 0. The van der Waals surface area contributed by atoms with E-state index < -0.39 is 11.9 Å². The van der Waals surface area contributed by atoms with Crippen LogP contribution in [0.15, 0.2) is 0 Å². The van der Waals surface area contributed by atoms with Crippen molar-refractivity contribution < 1.29 is 42.9 Å². The maximum Gasteiger partial charge on any atom is 0.317 e. The molecule has 0 aromatic carbocycles. The SMILES string of the molecule is C.C.C.C.C.C.CC1C(=O)OC(=O)C1C.CC1C2CC(CCC3CCC(=O)O3)C(C2)C1C.CCC1(OC(=O)CC(OC(C)=O)C2CC3CC2C(C)C3C)CC2CCC1C2. The van der Waals surface area contributed by atoms with E-state index in [0.29, 0.717) is 30.1 Å². The molecule has 9 heteroatoms. The summed E-state index contributed by atoms with van der Waals surface area (Å²) < 4.78 is 21.5. The Labute approximate surface area is 362 Å². The van der Waals surface area contributed by atoms with Gasteiger partial charge in [-0.3, -0.25) is 24.0 Å². The van der Waals surface area contributed by atoms with Crippen molar-refractivity contribution in [2.75, 3.05) is 0 Å². The van der Waals surface area contributed by atoms with E-state index in [1.807, 2.05) is 0 Å². The fraction of sp³-hybridized carbons (Fsp3) is 0.900. The molecule has 0 N–H and O–H groups in total. The van der Waals surface area contributed by atoms with Crippen molar-refractivity contribution in [1.29, 1.82) is 0 Å². The molecule has 17 atom stereocenters. The summed E-state index contributed by atoms with van der Waals surface area (Å²) in [7, 11) is 0. The van der Waals surface area contributed by atoms with Crippen LogP contribution >= 0.6 is 0 Å². The van der Waals surface area contributed by atoms with Gasteiger partial charge >= 0.3 is 29.8 Å². The maximum atomic E-state index is 12.9. The third kappa shape index (κ3) is 11.9. The summed E-state index contributed by atoms with van der Waals surface area (Å²) in [6.45, 7) is 16.5. The number of cyclic esters (lactones) is 3. The summed E-state index contributed by atoms with van der Waals surface area (Å²) in [6, 6.07) is 0. The molecule has 6 bridgehead atoms. The van der Waals surface area contributed by atoms with E-state index in [1.54, 1.807) is 13.8 Å². The highest BCUT2D eigenvalue weighted by molar-refractivity contribution is 5.95. The largest absolute Gasteiger partial charge is 0.462 e. The Morgan fingerprint density at radius 1 is 0.729 bits per heavy atom. The average molecular weight is 837 g/mol. The predicted molar refractivity (Wildman–Crippen MR) is 239 cm³/mol. The fourth-order valence-electron chi connectivity index (χ4n) is 12.7. The van der Waals surface area contributed by atoms with Crippen LogP contribution in [0.2, 0.25) is 0 Å². The van der Waals surface area contributed by atoms with Crippen LogP contribution in [-0.2, 0) is 42.9 Å². The van der Waals surface area contributed by atoms with Crippen molar-refractivity contribution in [2.24, 2.45) is 82.9 Å². The van der Waals surface area contributed by atoms with Crippen molar-refractivity contribution >= 4 is 29.8 Å². The normalized spacial score (nSPS) is 40.3. The minimum Gasteiger partial charge on any atom is -0.462 e. The molecule has 2 aliphatic heterocycles. The smallest absolute Gasteiger partial charge is 0.317 e. The van der Waals surface area contributed by atoms with E-state index in [2.05, 4.69) is 39.4 Å². The second-order valence-electron chi connectivity index (χ2n) is 19.0. The van der Waals surface area contributed by atoms with Gasteiger partial charge in [-0.15, -0.1) is 0 Å². The second-order valence-corrected chi connectivity index (χ2v) is 19.0. The van der Waals surface area contributed by atoms with Crippen molar-refractivity contribution in [2.45, 2.75) is 208 Å². The van der Waals surface area contributed by atoms with Crippen molar-refractivity contribution in [3.8, 4) is 0 Å². The number of rotatable bonds is 9. The zero-order valence-electron chi connectivity index (χ0n) is 33.8. The van der Waals surface area contributed by atoms with Crippen molar-refractivity contribution in [3.63, 3.8) is 0 Å². The van der Waals surface area contributed by atoms with Gasteiger partial charge in [-0.1, -0.05) is 93.0 Å². The topological polar surface area (TPSA) is 122 Å². The Morgan fingerprint density at radius 3 is 1.71 bits per heavy atom. The summed E-state index contributed by atoms with van der Waals surface area (Å²) in [5, 5.41) is 0. The van der Waals surface area contributed by atoms with Crippen LogP contribution < -0.4 is 0 Å². The predicted octanol–water partition coefficient (Wildman–Crippen LogP) is 12.3. The van der Waals surface area contributed by atoms with E-state index in [9.17, 15) is 24.0 Å². The molecule has 6 saturated carbocycles. The lowest BCUT2D eigenvalue weighted by atomic mass is 9.73. The van der Waals surface area contributed by atoms with Crippen LogP contribution in [0, 0.1) is 82.9 Å². The highest BCUT2D eigenvalue weighted by atomic mass is 16.6. The Bertz CT molecular complexity index is 1360. The van der Waals surface area contributed by atoms with Gasteiger partial charge in [0.15, 0.2) is 0 Å². The summed E-state index contributed by atoms with van der Waals surface area (Å²) in [4.78, 5) is 56.8. The second kappa shape index (κ2) is 23.1. The van der Waals surface area contributed by atoms with E-state index in [1.165, 1.54) is 51.9 Å². The molecule has 2 heterocycles. The van der Waals surface area contributed by atoms with Gasteiger partial charge < -0.3 is 18.9 Å². The lowest BCUT2D eigenvalue weighted by Gasteiger charge is -2.38. The average Bonchev–Trinajstić information content (AvgIpc) is 4.00. The quantitative estimate of drug-likeness (QED) is 0.127. The summed E-state index contributed by atoms with van der Waals surface area (Å²) in [6.07, 6.45) is 15.0. The molecule has 8 fully saturated rings. The Morgan fingerprint density at radius 2 is 1.31 bits per heavy atom. The lowest BCUT2D eigenvalue weighted by Crippen LogP contribution is -2.42. The number of esters is 5. The molecular weight excluding hydrogens is 745 g/mol. The third-order valence-electron chi connectivity index (χ3n) is 16.5. The lowest BCUT2D eigenvalue weighted by molar-refractivity contribution is -0.173. The molecule has 17 unspecified atom stereocenters. The maximum absolute atomic E-state index is 12.9. The Balaban J connectivity index is 0.000000911. The molecule has 59 heavy (non-hydrogen) atoms. The monoisotopic (exact) mass is 837 g/mol. The van der Waals surface area contributed by atoms with Crippen LogP contribution in [0.1, 0.15) is 190 Å². The number of carbonyl (C=O) groups excluding carboxylic acids is 5. The van der Waals surface area contributed by atoms with Crippen LogP contribution in [0.25, 0.3) is 0 Å². The van der Waals surface area contributed by atoms with Gasteiger partial charge in [0.25, 0.3) is 0 Å². The van der Waals surface area contributed by atoms with Crippen molar-refractivity contribution in [3.05, 3.63) is 0 Å². The molecule has 0 spiro atoms. The first-order chi connectivity index (χ1) is 25.1. The van der Waals surface area contributed by atoms with Crippen LogP contribution in [0.3, 0.4) is 0 Å². The van der Waals surface area contributed by atoms with E-state index in [4.69, 9.17) is 14.2 Å². The standard InChI is InChI=1S/C23H36O4.C15H24O2.C6H8O3.6CH4/c1-5-23(12-16-6-7-18(23)8-16)27-22(25)11-21(26-15(4)24)20-10-17-9-19(20)14(3)13(17)2;1-9-10(2)14-8-12(9)7-11(14)3-4-13-5-6-15(16)17-13;1-3-4(2)6(8)9-5(3)7;;;;;;/h13-14,16-21H,5-12H2,1-4H3;9-14H,3-8H2,1-2H3;3-4H,1-2H3;6*1H4. The molecule has 8 aliphatic rings. The van der Waals surface area contributed by atoms with E-state index >= 15 is 0 Å². The number of ether oxygens (including phenoxy) is 4. The first-order valence-electron chi connectivity index (χ1n) is 21.4. The summed E-state index contributed by atoms with van der Waals surface area (Å²) in [5.41, 5.74) is -0.253.